The zero-order chi connectivity index (χ0) is 17.5. The summed E-state index contributed by atoms with van der Waals surface area (Å²) in [5.74, 6) is -0.996. The predicted octanol–water partition coefficient (Wildman–Crippen LogP) is 3.40. The Kier molecular flexibility index (Phi) is 6.31. The second kappa shape index (κ2) is 8.44. The smallest absolute Gasteiger partial charge is 0.170 e. The van der Waals surface area contributed by atoms with Crippen LogP contribution in [0.4, 0.5) is 20.2 Å². The van der Waals surface area contributed by atoms with Gasteiger partial charge in [-0.3, -0.25) is 0 Å². The van der Waals surface area contributed by atoms with Crippen molar-refractivity contribution in [3.05, 3.63) is 54.1 Å². The van der Waals surface area contributed by atoms with Gasteiger partial charge >= 0.3 is 0 Å². The molecule has 4 nitrogen and oxygen atoms in total. The number of likely N-dealkylation sites (N-methyl/N-ethyl adjacent to an activating group) is 1. The Bertz CT molecular complexity index is 695. The summed E-state index contributed by atoms with van der Waals surface area (Å²) in [6, 6.07) is 11.3. The molecule has 0 amide bonds. The highest BCUT2D eigenvalue weighted by atomic mass is 32.1. The molecule has 0 saturated carbocycles. The Morgan fingerprint density at radius 3 is 2.46 bits per heavy atom. The van der Waals surface area contributed by atoms with Gasteiger partial charge in [0.05, 0.1) is 7.11 Å². The molecule has 128 valence electrons. The lowest BCUT2D eigenvalue weighted by Crippen LogP contribution is -2.35. The molecule has 2 aromatic carbocycles. The van der Waals surface area contributed by atoms with E-state index in [0.29, 0.717) is 23.9 Å². The van der Waals surface area contributed by atoms with Crippen LogP contribution in [0.5, 0.6) is 5.75 Å². The second-order valence-corrected chi connectivity index (χ2v) is 5.54. The van der Waals surface area contributed by atoms with Crippen molar-refractivity contribution >= 4 is 28.7 Å². The molecule has 0 spiro atoms. The number of rotatable bonds is 6. The van der Waals surface area contributed by atoms with Crippen LogP contribution in [0.2, 0.25) is 0 Å². The molecule has 0 heterocycles. The van der Waals surface area contributed by atoms with Crippen molar-refractivity contribution in [2.75, 3.05) is 37.5 Å². The minimum absolute atomic E-state index is 0.351. The largest absolute Gasteiger partial charge is 0.497 e. The summed E-state index contributed by atoms with van der Waals surface area (Å²) in [4.78, 5) is 2.06. The standard InChI is InChI=1S/C17H19F2N3OS/c1-22(13-4-6-14(23-2)7-5-13)10-9-20-17(24)21-12-3-8-15(18)16(19)11-12/h3-8,11H,9-10H2,1-2H3,(H2,20,21,24). The van der Waals surface area contributed by atoms with Crippen molar-refractivity contribution < 1.29 is 13.5 Å². The zero-order valence-corrected chi connectivity index (χ0v) is 14.3. The van der Waals surface area contributed by atoms with Crippen molar-refractivity contribution in [2.24, 2.45) is 0 Å². The van der Waals surface area contributed by atoms with Gasteiger partial charge in [0.15, 0.2) is 16.7 Å². The summed E-state index contributed by atoms with van der Waals surface area (Å²) in [7, 11) is 3.60. The lowest BCUT2D eigenvalue weighted by Gasteiger charge is -2.20. The van der Waals surface area contributed by atoms with Gasteiger partial charge in [-0.1, -0.05) is 0 Å². The average Bonchev–Trinajstić information content (AvgIpc) is 2.58. The molecule has 7 heteroatoms. The molecule has 0 atom stereocenters. The van der Waals surface area contributed by atoms with E-state index in [0.717, 1.165) is 23.6 Å². The van der Waals surface area contributed by atoms with Crippen LogP contribution in [0.25, 0.3) is 0 Å². The third kappa shape index (κ3) is 5.06. The van der Waals surface area contributed by atoms with Gasteiger partial charge < -0.3 is 20.3 Å². The molecule has 0 saturated heterocycles. The molecule has 0 unspecified atom stereocenters. The van der Waals surface area contributed by atoms with Crippen molar-refractivity contribution in [2.45, 2.75) is 0 Å². The van der Waals surface area contributed by atoms with E-state index >= 15 is 0 Å². The molecule has 0 aromatic heterocycles. The van der Waals surface area contributed by atoms with E-state index < -0.39 is 11.6 Å². The highest BCUT2D eigenvalue weighted by Crippen LogP contribution is 2.17. The Hall–Kier alpha value is -2.41. The van der Waals surface area contributed by atoms with Gasteiger partial charge in [0.1, 0.15) is 5.75 Å². The average molecular weight is 351 g/mol. The first kappa shape index (κ1) is 17.9. The lowest BCUT2D eigenvalue weighted by molar-refractivity contribution is 0.415. The zero-order valence-electron chi connectivity index (χ0n) is 13.5. The van der Waals surface area contributed by atoms with Crippen LogP contribution in [0.15, 0.2) is 42.5 Å². The van der Waals surface area contributed by atoms with Gasteiger partial charge in [0.2, 0.25) is 0 Å². The number of hydrogen-bond donors (Lipinski definition) is 2. The summed E-state index contributed by atoms with van der Waals surface area (Å²) in [5.41, 5.74) is 1.45. The molecule has 0 aliphatic heterocycles. The third-order valence-electron chi connectivity index (χ3n) is 3.42. The van der Waals surface area contributed by atoms with E-state index in [1.54, 1.807) is 7.11 Å². The molecule has 0 fully saturated rings. The highest BCUT2D eigenvalue weighted by Gasteiger charge is 2.05. The minimum Gasteiger partial charge on any atom is -0.497 e. The summed E-state index contributed by atoms with van der Waals surface area (Å²) in [6.07, 6.45) is 0. The third-order valence-corrected chi connectivity index (χ3v) is 3.67. The van der Waals surface area contributed by atoms with Crippen molar-refractivity contribution in [1.29, 1.82) is 0 Å². The maximum absolute atomic E-state index is 13.1. The van der Waals surface area contributed by atoms with Gasteiger partial charge in [-0.15, -0.1) is 0 Å². The number of anilines is 2. The van der Waals surface area contributed by atoms with Crippen molar-refractivity contribution in [3.63, 3.8) is 0 Å². The Morgan fingerprint density at radius 2 is 1.83 bits per heavy atom. The summed E-state index contributed by atoms with van der Waals surface area (Å²) < 4.78 is 31.1. The molecular formula is C17H19F2N3OS. The van der Waals surface area contributed by atoms with E-state index in [1.165, 1.54) is 6.07 Å². The first-order valence-electron chi connectivity index (χ1n) is 7.34. The van der Waals surface area contributed by atoms with E-state index in [2.05, 4.69) is 15.5 Å². The van der Waals surface area contributed by atoms with Crippen LogP contribution in [0.1, 0.15) is 0 Å². The number of thiocarbonyl (C=S) groups is 1. The number of hydrogen-bond acceptors (Lipinski definition) is 3. The van der Waals surface area contributed by atoms with Gasteiger partial charge in [-0.2, -0.15) is 0 Å². The van der Waals surface area contributed by atoms with Crippen LogP contribution >= 0.6 is 12.2 Å². The van der Waals surface area contributed by atoms with Crippen molar-refractivity contribution in [1.82, 2.24) is 5.32 Å². The maximum atomic E-state index is 13.1. The van der Waals surface area contributed by atoms with Crippen LogP contribution in [-0.4, -0.2) is 32.4 Å². The Morgan fingerprint density at radius 1 is 1.12 bits per heavy atom. The van der Waals surface area contributed by atoms with Crippen LogP contribution < -0.4 is 20.3 Å². The van der Waals surface area contributed by atoms with E-state index in [1.807, 2.05) is 31.3 Å². The number of benzene rings is 2. The van der Waals surface area contributed by atoms with Gasteiger partial charge in [-0.05, 0) is 48.6 Å². The first-order valence-corrected chi connectivity index (χ1v) is 7.75. The van der Waals surface area contributed by atoms with Gasteiger partial charge in [0, 0.05) is 37.6 Å². The lowest BCUT2D eigenvalue weighted by atomic mass is 10.3. The highest BCUT2D eigenvalue weighted by molar-refractivity contribution is 7.80. The number of halogens is 2. The molecular weight excluding hydrogens is 332 g/mol. The summed E-state index contributed by atoms with van der Waals surface area (Å²) in [5, 5.41) is 6.19. The Balaban J connectivity index is 1.77. The monoisotopic (exact) mass is 351 g/mol. The van der Waals surface area contributed by atoms with Crippen LogP contribution in [0.3, 0.4) is 0 Å². The molecule has 0 aliphatic rings. The van der Waals surface area contributed by atoms with E-state index in [-0.39, 0.29) is 0 Å². The predicted molar refractivity (Wildman–Crippen MR) is 96.8 cm³/mol. The molecule has 2 aromatic rings. The molecule has 24 heavy (non-hydrogen) atoms. The molecule has 2 N–H and O–H groups in total. The number of ether oxygens (including phenoxy) is 1. The van der Waals surface area contributed by atoms with Crippen LogP contribution in [-0.2, 0) is 0 Å². The molecule has 0 radical (unpaired) electrons. The Labute approximate surface area is 145 Å². The number of nitrogens with one attached hydrogen (secondary N) is 2. The van der Waals surface area contributed by atoms with E-state index in [4.69, 9.17) is 17.0 Å². The normalized spacial score (nSPS) is 10.2. The maximum Gasteiger partial charge on any atom is 0.170 e. The SMILES string of the molecule is COc1ccc(N(C)CCNC(=S)Nc2ccc(F)c(F)c2)cc1. The first-order chi connectivity index (χ1) is 11.5. The molecule has 2 rings (SSSR count). The fourth-order valence-corrected chi connectivity index (χ4v) is 2.27. The quantitative estimate of drug-likeness (QED) is 0.780. The molecule has 0 aliphatic carbocycles. The van der Waals surface area contributed by atoms with Crippen LogP contribution in [0, 0.1) is 11.6 Å². The fraction of sp³-hybridized carbons (Fsp3) is 0.235. The molecule has 0 bridgehead atoms. The minimum atomic E-state index is -0.915. The number of nitrogens with zero attached hydrogens (tertiary/aromatic N) is 1. The van der Waals surface area contributed by atoms with Crippen molar-refractivity contribution in [3.8, 4) is 5.75 Å². The van der Waals surface area contributed by atoms with E-state index in [9.17, 15) is 8.78 Å². The number of methoxy groups -OCH3 is 1. The summed E-state index contributed by atoms with van der Waals surface area (Å²) in [6.45, 7) is 1.31. The second-order valence-electron chi connectivity index (χ2n) is 5.13. The van der Waals surface area contributed by atoms with Gasteiger partial charge in [0.25, 0.3) is 0 Å². The summed E-state index contributed by atoms with van der Waals surface area (Å²) >= 11 is 5.14. The van der Waals surface area contributed by atoms with Gasteiger partial charge in [-0.25, -0.2) is 8.78 Å². The topological polar surface area (TPSA) is 36.5 Å². The fourth-order valence-electron chi connectivity index (χ4n) is 2.05.